The number of nitrogens with zero attached hydrogens (tertiary/aromatic N) is 1. The first kappa shape index (κ1) is 13.7. The van der Waals surface area contributed by atoms with Crippen LogP contribution in [0.4, 0.5) is 18.9 Å². The minimum atomic E-state index is -4.29. The van der Waals surface area contributed by atoms with Crippen LogP contribution in [-0.2, 0) is 6.18 Å². The van der Waals surface area contributed by atoms with E-state index in [0.717, 1.165) is 25.6 Å². The summed E-state index contributed by atoms with van der Waals surface area (Å²) in [6, 6.07) is 4.11. The molecule has 1 aliphatic heterocycles. The average molecular weight is 323 g/mol. The molecule has 0 aromatic heterocycles. The van der Waals surface area contributed by atoms with Gasteiger partial charge < -0.3 is 10.2 Å². The van der Waals surface area contributed by atoms with Crippen LogP contribution in [-0.4, -0.2) is 26.2 Å². The molecular formula is C12H14BrF3N2. The lowest BCUT2D eigenvalue weighted by Gasteiger charge is -2.21. The van der Waals surface area contributed by atoms with Crippen LogP contribution in [0.2, 0.25) is 0 Å². The van der Waals surface area contributed by atoms with Gasteiger partial charge in [0.15, 0.2) is 0 Å². The third-order valence-corrected chi connectivity index (χ3v) is 3.88. The van der Waals surface area contributed by atoms with Gasteiger partial charge in [-0.3, -0.25) is 0 Å². The van der Waals surface area contributed by atoms with E-state index in [0.29, 0.717) is 16.2 Å². The van der Waals surface area contributed by atoms with Crippen LogP contribution in [0.15, 0.2) is 22.7 Å². The Balaban J connectivity index is 2.27. The van der Waals surface area contributed by atoms with Crippen molar-refractivity contribution in [2.75, 3.05) is 25.0 Å². The molecule has 1 aliphatic rings. The maximum atomic E-state index is 12.7. The highest BCUT2D eigenvalue weighted by Crippen LogP contribution is 2.36. The van der Waals surface area contributed by atoms with Gasteiger partial charge in [0, 0.05) is 23.6 Å². The molecule has 1 saturated heterocycles. The van der Waals surface area contributed by atoms with Crippen LogP contribution < -0.4 is 10.2 Å². The highest BCUT2D eigenvalue weighted by atomic mass is 79.9. The number of rotatable bonds is 2. The van der Waals surface area contributed by atoms with Crippen molar-refractivity contribution in [1.82, 2.24) is 5.32 Å². The number of benzene rings is 1. The second kappa shape index (κ2) is 5.09. The van der Waals surface area contributed by atoms with Crippen LogP contribution in [0.5, 0.6) is 0 Å². The lowest BCUT2D eigenvalue weighted by molar-refractivity contribution is -0.137. The number of halogens is 4. The molecule has 0 aliphatic carbocycles. The van der Waals surface area contributed by atoms with Gasteiger partial charge in [0.25, 0.3) is 0 Å². The van der Waals surface area contributed by atoms with Crippen molar-refractivity contribution in [3.63, 3.8) is 0 Å². The normalized spacial score (nSPS) is 20.5. The summed E-state index contributed by atoms with van der Waals surface area (Å²) in [5, 5.41) is 3.15. The Hall–Kier alpha value is -0.750. The fourth-order valence-corrected chi connectivity index (χ4v) is 2.64. The van der Waals surface area contributed by atoms with Gasteiger partial charge >= 0.3 is 6.18 Å². The predicted octanol–water partition coefficient (Wildman–Crippen LogP) is 3.27. The van der Waals surface area contributed by atoms with E-state index in [1.54, 1.807) is 0 Å². The number of hydrogen-bond donors (Lipinski definition) is 1. The number of hydrogen-bond acceptors (Lipinski definition) is 2. The molecule has 0 radical (unpaired) electrons. The fraction of sp³-hybridized carbons (Fsp3) is 0.500. The van der Waals surface area contributed by atoms with E-state index in [4.69, 9.17) is 0 Å². The highest BCUT2D eigenvalue weighted by Gasteiger charge is 2.32. The summed E-state index contributed by atoms with van der Waals surface area (Å²) in [6.45, 7) is 1.50. The van der Waals surface area contributed by atoms with E-state index < -0.39 is 11.7 Å². The topological polar surface area (TPSA) is 15.3 Å². The molecule has 2 rings (SSSR count). The van der Waals surface area contributed by atoms with Gasteiger partial charge in [0.05, 0.1) is 11.3 Å². The van der Waals surface area contributed by atoms with Crippen molar-refractivity contribution in [2.45, 2.75) is 18.6 Å². The van der Waals surface area contributed by atoms with Crippen LogP contribution in [0.1, 0.15) is 12.0 Å². The largest absolute Gasteiger partial charge is 0.416 e. The van der Waals surface area contributed by atoms with Gasteiger partial charge in [-0.15, -0.1) is 0 Å². The molecule has 1 fully saturated rings. The van der Waals surface area contributed by atoms with Crippen molar-refractivity contribution >= 4 is 21.6 Å². The Morgan fingerprint density at radius 1 is 1.39 bits per heavy atom. The van der Waals surface area contributed by atoms with Crippen molar-refractivity contribution < 1.29 is 13.2 Å². The molecule has 1 N–H and O–H groups in total. The molecular weight excluding hydrogens is 309 g/mol. The SMILES string of the molecule is CNC1CCN(c2cc(C(F)(F)F)ccc2Br)C1. The summed E-state index contributed by atoms with van der Waals surface area (Å²) in [4.78, 5) is 1.97. The minimum Gasteiger partial charge on any atom is -0.369 e. The summed E-state index contributed by atoms with van der Waals surface area (Å²) in [7, 11) is 1.87. The van der Waals surface area contributed by atoms with Crippen molar-refractivity contribution in [2.24, 2.45) is 0 Å². The average Bonchev–Trinajstić information content (AvgIpc) is 2.76. The molecule has 6 heteroatoms. The number of likely N-dealkylation sites (N-methyl/N-ethyl adjacent to an activating group) is 1. The fourth-order valence-electron chi connectivity index (χ4n) is 2.15. The molecule has 0 bridgehead atoms. The molecule has 1 aromatic carbocycles. The third-order valence-electron chi connectivity index (χ3n) is 3.21. The molecule has 2 nitrogen and oxygen atoms in total. The molecule has 100 valence electrons. The molecule has 1 unspecified atom stereocenters. The molecule has 0 amide bonds. The van der Waals surface area contributed by atoms with Crippen molar-refractivity contribution in [3.05, 3.63) is 28.2 Å². The Bertz CT molecular complexity index is 434. The lowest BCUT2D eigenvalue weighted by Crippen LogP contribution is -2.29. The molecule has 1 atom stereocenters. The minimum absolute atomic E-state index is 0.339. The summed E-state index contributed by atoms with van der Waals surface area (Å²) in [5.41, 5.74) is 0.0104. The zero-order valence-corrected chi connectivity index (χ0v) is 11.5. The summed E-state index contributed by atoms with van der Waals surface area (Å²) in [6.07, 6.45) is -3.35. The van der Waals surface area contributed by atoms with E-state index in [2.05, 4.69) is 21.2 Å². The van der Waals surface area contributed by atoms with E-state index in [9.17, 15) is 13.2 Å². The van der Waals surface area contributed by atoms with E-state index in [-0.39, 0.29) is 0 Å². The van der Waals surface area contributed by atoms with E-state index in [1.165, 1.54) is 12.1 Å². The molecule has 1 aromatic rings. The van der Waals surface area contributed by atoms with Crippen LogP contribution in [0.3, 0.4) is 0 Å². The standard InChI is InChI=1S/C12H14BrF3N2/c1-17-9-4-5-18(7-9)11-6-8(12(14,15)16)2-3-10(11)13/h2-3,6,9,17H,4-5,7H2,1H3. The van der Waals surface area contributed by atoms with Crippen molar-refractivity contribution in [1.29, 1.82) is 0 Å². The van der Waals surface area contributed by atoms with Gasteiger partial charge in [0.1, 0.15) is 0 Å². The predicted molar refractivity (Wildman–Crippen MR) is 68.8 cm³/mol. The monoisotopic (exact) mass is 322 g/mol. The maximum Gasteiger partial charge on any atom is 0.416 e. The highest BCUT2D eigenvalue weighted by molar-refractivity contribution is 9.10. The Kier molecular flexibility index (Phi) is 3.87. The van der Waals surface area contributed by atoms with Crippen LogP contribution >= 0.6 is 15.9 Å². The van der Waals surface area contributed by atoms with Gasteiger partial charge in [-0.2, -0.15) is 13.2 Å². The first-order chi connectivity index (χ1) is 8.41. The lowest BCUT2D eigenvalue weighted by atomic mass is 10.2. The maximum absolute atomic E-state index is 12.7. The smallest absolute Gasteiger partial charge is 0.369 e. The summed E-state index contributed by atoms with van der Waals surface area (Å²) >= 11 is 3.32. The van der Waals surface area contributed by atoms with Gasteiger partial charge in [-0.1, -0.05) is 0 Å². The summed E-state index contributed by atoms with van der Waals surface area (Å²) in [5.74, 6) is 0. The van der Waals surface area contributed by atoms with E-state index in [1.807, 2.05) is 11.9 Å². The second-order valence-corrected chi connectivity index (χ2v) is 5.24. The second-order valence-electron chi connectivity index (χ2n) is 4.38. The molecule has 0 spiro atoms. The third kappa shape index (κ3) is 2.80. The zero-order valence-electron chi connectivity index (χ0n) is 9.89. The first-order valence-corrected chi connectivity index (χ1v) is 6.50. The Labute approximate surface area is 112 Å². The number of nitrogens with one attached hydrogen (secondary N) is 1. The number of anilines is 1. The quantitative estimate of drug-likeness (QED) is 0.899. The molecule has 1 heterocycles. The van der Waals surface area contributed by atoms with Gasteiger partial charge in [0.2, 0.25) is 0 Å². The van der Waals surface area contributed by atoms with Crippen LogP contribution in [0, 0.1) is 0 Å². The zero-order chi connectivity index (χ0) is 13.3. The Morgan fingerprint density at radius 2 is 2.11 bits per heavy atom. The first-order valence-electron chi connectivity index (χ1n) is 5.71. The van der Waals surface area contributed by atoms with Gasteiger partial charge in [-0.25, -0.2) is 0 Å². The van der Waals surface area contributed by atoms with Crippen LogP contribution in [0.25, 0.3) is 0 Å². The molecule has 18 heavy (non-hydrogen) atoms. The summed E-state index contributed by atoms with van der Waals surface area (Å²) < 4.78 is 38.8. The van der Waals surface area contributed by atoms with Crippen molar-refractivity contribution in [3.8, 4) is 0 Å². The Morgan fingerprint density at radius 3 is 2.67 bits per heavy atom. The van der Waals surface area contributed by atoms with Gasteiger partial charge in [-0.05, 0) is 47.6 Å². The molecule has 0 saturated carbocycles. The van der Waals surface area contributed by atoms with E-state index >= 15 is 0 Å². The number of alkyl halides is 3.